The van der Waals surface area contributed by atoms with Crippen LogP contribution >= 0.6 is 0 Å². The molecule has 0 bridgehead atoms. The van der Waals surface area contributed by atoms with Crippen molar-refractivity contribution in [2.24, 2.45) is 10.8 Å². The first kappa shape index (κ1) is 51.5. The summed E-state index contributed by atoms with van der Waals surface area (Å²) < 4.78 is 12.0. The zero-order valence-electron chi connectivity index (χ0n) is 38.2. The maximum absolute atomic E-state index is 5.98. The minimum Gasteiger partial charge on any atom is -1.00 e. The van der Waals surface area contributed by atoms with Crippen molar-refractivity contribution in [3.63, 3.8) is 0 Å². The van der Waals surface area contributed by atoms with Gasteiger partial charge in [-0.3, -0.25) is 0 Å². The molecule has 6 aromatic rings. The van der Waals surface area contributed by atoms with E-state index in [9.17, 15) is 0 Å². The van der Waals surface area contributed by atoms with E-state index in [0.717, 1.165) is 24.3 Å². The molecule has 0 heterocycles. The van der Waals surface area contributed by atoms with Gasteiger partial charge in [-0.15, -0.1) is 56.9 Å². The van der Waals surface area contributed by atoms with Gasteiger partial charge in [-0.1, -0.05) is 144 Å². The SMILES string of the molecule is COc1c(C(C)(C)C)cc2[cH-]c(CC(C)(C)C)cc2c1-c1ccccc1.COc1c(C(C)(C)C)cc2[cH-]c(CC(C)(C)C)cc2c1-c1ccccc1.C[Si](C)=[Zr+2].[Cl-].[Cl-]. The average Bonchev–Trinajstić information content (AvgIpc) is 3.67. The average molecular weight is 915 g/mol. The second-order valence-corrected chi connectivity index (χ2v) is 29.5. The van der Waals surface area contributed by atoms with Crippen molar-refractivity contribution in [3.05, 3.63) is 119 Å². The van der Waals surface area contributed by atoms with Gasteiger partial charge in [0.2, 0.25) is 0 Å². The summed E-state index contributed by atoms with van der Waals surface area (Å²) >= 11 is 1.74. The maximum Gasteiger partial charge on any atom is -1.00 e. The molecule has 0 fully saturated rings. The Morgan fingerprint density at radius 1 is 0.517 bits per heavy atom. The molecule has 6 heteroatoms. The van der Waals surface area contributed by atoms with Crippen molar-refractivity contribution in [2.75, 3.05) is 14.2 Å². The number of rotatable bonds is 6. The summed E-state index contributed by atoms with van der Waals surface area (Å²) in [5.74, 6) is 2.01. The van der Waals surface area contributed by atoms with Gasteiger partial charge in [0.25, 0.3) is 0 Å². The van der Waals surface area contributed by atoms with Crippen molar-refractivity contribution >= 4 is 27.0 Å². The predicted molar refractivity (Wildman–Crippen MR) is 244 cm³/mol. The van der Waals surface area contributed by atoms with E-state index in [1.807, 2.05) is 0 Å². The van der Waals surface area contributed by atoms with Crippen molar-refractivity contribution in [2.45, 2.75) is 120 Å². The molecule has 0 saturated heterocycles. The molecule has 2 nitrogen and oxygen atoms in total. The Morgan fingerprint density at radius 3 is 1.05 bits per heavy atom. The van der Waals surface area contributed by atoms with Gasteiger partial charge in [-0.25, -0.2) is 0 Å². The summed E-state index contributed by atoms with van der Waals surface area (Å²) in [7, 11) is 3.59. The molecule has 0 atom stereocenters. The molecule has 0 amide bonds. The molecule has 0 aliphatic rings. The Kier molecular flexibility index (Phi) is 18.4. The Bertz CT molecular complexity index is 2080. The first-order valence-electron chi connectivity index (χ1n) is 20.2. The fraction of sp³-hybridized carbons (Fsp3) is 0.423. The van der Waals surface area contributed by atoms with E-state index in [2.05, 4.69) is 193 Å². The monoisotopic (exact) mass is 912 g/mol. The molecule has 6 aromatic carbocycles. The van der Waals surface area contributed by atoms with Crippen LogP contribution in [0.3, 0.4) is 0 Å². The minimum absolute atomic E-state index is 0. The summed E-state index contributed by atoms with van der Waals surface area (Å²) in [6, 6.07) is 35.4. The number of halogens is 2. The molecule has 0 aliphatic heterocycles. The van der Waals surface area contributed by atoms with Gasteiger partial charge >= 0.3 is 41.9 Å². The zero-order chi connectivity index (χ0) is 41.8. The van der Waals surface area contributed by atoms with Crippen molar-refractivity contribution in [1.82, 2.24) is 0 Å². The molecular weight excluding hydrogens is 847 g/mol. The van der Waals surface area contributed by atoms with Crippen LogP contribution in [0.25, 0.3) is 43.8 Å². The fourth-order valence-electron chi connectivity index (χ4n) is 7.55. The maximum atomic E-state index is 5.98. The molecule has 0 unspecified atom stereocenters. The molecule has 0 saturated carbocycles. The molecule has 0 spiro atoms. The Balaban J connectivity index is 0.000000355. The third-order valence-corrected chi connectivity index (χ3v) is 9.66. The van der Waals surface area contributed by atoms with Crippen molar-refractivity contribution < 1.29 is 57.6 Å². The largest absolute Gasteiger partial charge is 1.00 e. The van der Waals surface area contributed by atoms with Crippen LogP contribution in [-0.4, -0.2) is 19.7 Å². The van der Waals surface area contributed by atoms with Crippen LogP contribution in [0, 0.1) is 10.8 Å². The summed E-state index contributed by atoms with van der Waals surface area (Å²) in [5.41, 5.74) is 11.0. The second-order valence-electron chi connectivity index (χ2n) is 20.1. The molecule has 312 valence electrons. The van der Waals surface area contributed by atoms with E-state index in [0.29, 0.717) is 0 Å². The summed E-state index contributed by atoms with van der Waals surface area (Å²) in [4.78, 5) is 0. The first-order chi connectivity index (χ1) is 25.9. The summed E-state index contributed by atoms with van der Waals surface area (Å²) in [6.07, 6.45) is 2.14. The van der Waals surface area contributed by atoms with Crippen LogP contribution in [0.2, 0.25) is 13.1 Å². The number of benzene rings is 4. The van der Waals surface area contributed by atoms with Gasteiger partial charge in [0.15, 0.2) is 0 Å². The van der Waals surface area contributed by atoms with E-state index in [1.165, 1.54) is 66.1 Å². The standard InChI is InChI=1S/2C25H31O.C2H6Si.2ClH.Zr/c2*1-24(2,3)16-17-13-19-15-21(25(4,5)6)23(26-7)22(20(19)14-17)18-11-9-8-10-12-18;1-3-2;;;/h2*8-15H,16H2,1-7H3;1-2H3;2*1H;/q2*-1;;;;+2/p-2. The second kappa shape index (κ2) is 20.8. The van der Waals surface area contributed by atoms with Crippen molar-refractivity contribution in [3.8, 4) is 33.8 Å². The molecule has 0 aromatic heterocycles. The van der Waals surface area contributed by atoms with Gasteiger partial charge in [0.05, 0.1) is 14.2 Å². The van der Waals surface area contributed by atoms with Gasteiger partial charge in [-0.05, 0) is 67.9 Å². The number of methoxy groups -OCH3 is 2. The molecular formula is C52H68Cl2O2SiZr-2. The minimum atomic E-state index is 0. The molecule has 0 radical (unpaired) electrons. The van der Waals surface area contributed by atoms with E-state index < -0.39 is 0 Å². The summed E-state index contributed by atoms with van der Waals surface area (Å²) in [5, 5.41) is 5.21. The Labute approximate surface area is 379 Å². The smallest absolute Gasteiger partial charge is 1.00 e. The van der Waals surface area contributed by atoms with Crippen LogP contribution in [0.5, 0.6) is 11.5 Å². The van der Waals surface area contributed by atoms with Gasteiger partial charge in [0, 0.05) is 0 Å². The van der Waals surface area contributed by atoms with Gasteiger partial charge < -0.3 is 34.3 Å². The van der Waals surface area contributed by atoms with Crippen LogP contribution in [0.15, 0.2) is 97.1 Å². The summed E-state index contributed by atoms with van der Waals surface area (Å²) in [6.45, 7) is 31.9. The number of hydrogen-bond donors (Lipinski definition) is 0. The Morgan fingerprint density at radius 2 is 0.810 bits per heavy atom. The molecule has 58 heavy (non-hydrogen) atoms. The number of hydrogen-bond acceptors (Lipinski definition) is 2. The van der Waals surface area contributed by atoms with E-state index in [1.54, 1.807) is 37.6 Å². The van der Waals surface area contributed by atoms with Gasteiger partial charge in [-0.2, -0.15) is 12.1 Å². The van der Waals surface area contributed by atoms with Crippen LogP contribution in [-0.2, 0) is 47.0 Å². The van der Waals surface area contributed by atoms with Crippen molar-refractivity contribution in [1.29, 1.82) is 0 Å². The number of fused-ring (bicyclic) bond motifs is 2. The number of ether oxygens (including phenoxy) is 2. The molecule has 6 rings (SSSR count). The third-order valence-electron chi connectivity index (χ3n) is 9.66. The predicted octanol–water partition coefficient (Wildman–Crippen LogP) is 9.03. The third kappa shape index (κ3) is 13.7. The van der Waals surface area contributed by atoms with E-state index in [-0.39, 0.29) is 51.9 Å². The first-order valence-corrected chi connectivity index (χ1v) is 26.4. The molecule has 0 N–H and O–H groups in total. The van der Waals surface area contributed by atoms with E-state index >= 15 is 0 Å². The van der Waals surface area contributed by atoms with Crippen LogP contribution in [0.4, 0.5) is 0 Å². The topological polar surface area (TPSA) is 18.5 Å². The Hall–Kier alpha value is -2.62. The van der Waals surface area contributed by atoms with Crippen LogP contribution < -0.4 is 34.3 Å². The van der Waals surface area contributed by atoms with Crippen LogP contribution in [0.1, 0.15) is 105 Å². The normalized spacial score (nSPS) is 11.8. The fourth-order valence-corrected chi connectivity index (χ4v) is 7.55. The van der Waals surface area contributed by atoms with Gasteiger partial charge in [0.1, 0.15) is 11.5 Å². The quantitative estimate of drug-likeness (QED) is 0.123. The molecule has 0 aliphatic carbocycles. The van der Waals surface area contributed by atoms with E-state index in [4.69, 9.17) is 9.47 Å². The zero-order valence-corrected chi connectivity index (χ0v) is 43.2.